The van der Waals surface area contributed by atoms with Crippen molar-refractivity contribution in [1.82, 2.24) is 0 Å². The van der Waals surface area contributed by atoms with Gasteiger partial charge in [-0.3, -0.25) is 0 Å². The number of aliphatic hydroxyl groups is 1. The second-order valence-corrected chi connectivity index (χ2v) is 7.10. The molecule has 2 heteroatoms. The minimum atomic E-state index is -0.283. The van der Waals surface area contributed by atoms with Gasteiger partial charge < -0.3 is 9.84 Å². The van der Waals surface area contributed by atoms with Gasteiger partial charge in [-0.05, 0) is 45.1 Å². The molecular weight excluding hydrogens is 260 g/mol. The molecule has 0 aromatic heterocycles. The van der Waals surface area contributed by atoms with E-state index in [2.05, 4.69) is 44.2 Å². The van der Waals surface area contributed by atoms with Crippen LogP contribution in [-0.2, 0) is 10.2 Å². The van der Waals surface area contributed by atoms with E-state index in [1.807, 2.05) is 0 Å². The lowest BCUT2D eigenvalue weighted by atomic mass is 9.65. The van der Waals surface area contributed by atoms with Gasteiger partial charge in [-0.25, -0.2) is 0 Å². The second-order valence-electron chi connectivity index (χ2n) is 7.10. The summed E-state index contributed by atoms with van der Waals surface area (Å²) in [6.45, 7) is 4.19. The molecule has 1 aliphatic rings. The highest BCUT2D eigenvalue weighted by atomic mass is 16.5. The van der Waals surface area contributed by atoms with Crippen LogP contribution in [0.1, 0.15) is 64.4 Å². The zero-order valence-corrected chi connectivity index (χ0v) is 13.8. The van der Waals surface area contributed by atoms with Crippen molar-refractivity contribution >= 4 is 0 Å². The molecule has 1 saturated carbocycles. The van der Waals surface area contributed by atoms with Crippen LogP contribution in [0, 0.1) is 0 Å². The summed E-state index contributed by atoms with van der Waals surface area (Å²) in [4.78, 5) is 0. The fourth-order valence-corrected chi connectivity index (χ4v) is 3.63. The van der Waals surface area contributed by atoms with Crippen molar-refractivity contribution in [3.8, 4) is 0 Å². The topological polar surface area (TPSA) is 29.5 Å². The van der Waals surface area contributed by atoms with Crippen LogP contribution >= 0.6 is 0 Å². The van der Waals surface area contributed by atoms with Crippen molar-refractivity contribution in [3.05, 3.63) is 35.9 Å². The number of ether oxygens (including phenoxy) is 1. The van der Waals surface area contributed by atoms with Gasteiger partial charge in [0, 0.05) is 12.5 Å². The van der Waals surface area contributed by atoms with Gasteiger partial charge in [-0.1, -0.05) is 49.6 Å². The lowest BCUT2D eigenvalue weighted by molar-refractivity contribution is -0.0143. The average Bonchev–Trinajstić information content (AvgIpc) is 2.54. The van der Waals surface area contributed by atoms with Gasteiger partial charge in [-0.2, -0.15) is 0 Å². The largest absolute Gasteiger partial charge is 0.392 e. The predicted octanol–water partition coefficient (Wildman–Crippen LogP) is 4.45. The third kappa shape index (κ3) is 3.87. The summed E-state index contributed by atoms with van der Waals surface area (Å²) in [5.41, 5.74) is 1.10. The van der Waals surface area contributed by atoms with Crippen molar-refractivity contribution in [1.29, 1.82) is 0 Å². The maximum Gasteiger partial charge on any atom is 0.0637 e. The Morgan fingerprint density at radius 2 is 1.76 bits per heavy atom. The molecular formula is C19H30O2. The monoisotopic (exact) mass is 290 g/mol. The van der Waals surface area contributed by atoms with Crippen molar-refractivity contribution in [2.75, 3.05) is 7.11 Å². The number of aliphatic hydroxyl groups excluding tert-OH is 1. The van der Waals surface area contributed by atoms with Crippen LogP contribution in [0.15, 0.2) is 30.3 Å². The zero-order valence-electron chi connectivity index (χ0n) is 13.8. The van der Waals surface area contributed by atoms with E-state index in [0.717, 1.165) is 25.7 Å². The Kier molecular flexibility index (Phi) is 5.45. The Morgan fingerprint density at radius 1 is 1.14 bits per heavy atom. The quantitative estimate of drug-likeness (QED) is 0.838. The van der Waals surface area contributed by atoms with Crippen molar-refractivity contribution in [2.45, 2.75) is 75.9 Å². The van der Waals surface area contributed by atoms with Gasteiger partial charge in [0.1, 0.15) is 0 Å². The molecule has 1 unspecified atom stereocenters. The highest BCUT2D eigenvalue weighted by Gasteiger charge is 2.40. The van der Waals surface area contributed by atoms with Gasteiger partial charge in [0.2, 0.25) is 0 Å². The molecule has 0 spiro atoms. The molecule has 0 bridgehead atoms. The van der Waals surface area contributed by atoms with E-state index in [1.54, 1.807) is 7.11 Å². The Balaban J connectivity index is 2.16. The number of methoxy groups -OCH3 is 1. The van der Waals surface area contributed by atoms with Crippen molar-refractivity contribution in [2.24, 2.45) is 0 Å². The highest BCUT2D eigenvalue weighted by molar-refractivity contribution is 5.27. The van der Waals surface area contributed by atoms with E-state index in [1.165, 1.54) is 24.8 Å². The molecule has 1 aliphatic carbocycles. The van der Waals surface area contributed by atoms with Gasteiger partial charge in [0.05, 0.1) is 11.7 Å². The minimum Gasteiger partial charge on any atom is -0.392 e. The molecule has 1 aromatic rings. The first-order valence-electron chi connectivity index (χ1n) is 8.29. The molecule has 0 heterocycles. The minimum absolute atomic E-state index is 0.0523. The highest BCUT2D eigenvalue weighted by Crippen LogP contribution is 2.43. The molecule has 1 N–H and O–H groups in total. The van der Waals surface area contributed by atoms with E-state index in [-0.39, 0.29) is 17.1 Å². The lowest BCUT2D eigenvalue weighted by Gasteiger charge is -2.42. The Morgan fingerprint density at radius 3 is 2.33 bits per heavy atom. The summed E-state index contributed by atoms with van der Waals surface area (Å²) in [6.07, 6.45) is 7.35. The van der Waals surface area contributed by atoms with Crippen LogP contribution in [0.25, 0.3) is 0 Å². The van der Waals surface area contributed by atoms with Crippen LogP contribution < -0.4 is 0 Å². The number of benzene rings is 1. The summed E-state index contributed by atoms with van der Waals surface area (Å²) in [5.74, 6) is 0. The molecule has 2 nitrogen and oxygen atoms in total. The van der Waals surface area contributed by atoms with E-state index in [0.29, 0.717) is 0 Å². The summed E-state index contributed by atoms with van der Waals surface area (Å²) in [7, 11) is 1.75. The van der Waals surface area contributed by atoms with Crippen LogP contribution in [0.5, 0.6) is 0 Å². The molecule has 1 aromatic carbocycles. The summed E-state index contributed by atoms with van der Waals surface area (Å²) >= 11 is 0. The Labute approximate surface area is 129 Å². The van der Waals surface area contributed by atoms with Crippen molar-refractivity contribution in [3.63, 3.8) is 0 Å². The molecule has 118 valence electrons. The zero-order chi connectivity index (χ0) is 15.3. The van der Waals surface area contributed by atoms with Gasteiger partial charge in [-0.15, -0.1) is 0 Å². The van der Waals surface area contributed by atoms with Gasteiger partial charge in [0.25, 0.3) is 0 Å². The van der Waals surface area contributed by atoms with Gasteiger partial charge >= 0.3 is 0 Å². The van der Waals surface area contributed by atoms with Crippen molar-refractivity contribution < 1.29 is 9.84 Å². The molecule has 2 rings (SSSR count). The predicted molar refractivity (Wildman–Crippen MR) is 87.5 cm³/mol. The van der Waals surface area contributed by atoms with Crippen LogP contribution in [0.4, 0.5) is 0 Å². The molecule has 1 atom stereocenters. The molecule has 0 radical (unpaired) electrons. The summed E-state index contributed by atoms with van der Waals surface area (Å²) in [5, 5.41) is 11.0. The standard InChI is InChI=1S/C19H30O2/c1-18(2,21-3)15-12-17(20)19(13-8-5-9-14-19)16-10-6-4-7-11-16/h4,6-7,10-11,17,20H,5,8-9,12-15H2,1-3H3. The SMILES string of the molecule is COC(C)(C)CCC(O)C1(c2ccccc2)CCCCC1. The molecule has 0 aliphatic heterocycles. The molecule has 0 saturated heterocycles. The fourth-order valence-electron chi connectivity index (χ4n) is 3.63. The second kappa shape index (κ2) is 6.93. The fraction of sp³-hybridized carbons (Fsp3) is 0.684. The maximum absolute atomic E-state index is 11.0. The maximum atomic E-state index is 11.0. The number of hydrogen-bond acceptors (Lipinski definition) is 2. The number of rotatable bonds is 6. The third-order valence-electron chi connectivity index (χ3n) is 5.30. The van der Waals surface area contributed by atoms with E-state index < -0.39 is 0 Å². The van der Waals surface area contributed by atoms with E-state index >= 15 is 0 Å². The van der Waals surface area contributed by atoms with E-state index in [4.69, 9.17) is 4.74 Å². The average molecular weight is 290 g/mol. The lowest BCUT2D eigenvalue weighted by Crippen LogP contribution is -2.42. The Bertz CT molecular complexity index is 418. The molecule has 21 heavy (non-hydrogen) atoms. The van der Waals surface area contributed by atoms with E-state index in [9.17, 15) is 5.11 Å². The third-order valence-corrected chi connectivity index (χ3v) is 5.30. The summed E-state index contributed by atoms with van der Waals surface area (Å²) < 4.78 is 5.50. The number of hydrogen-bond donors (Lipinski definition) is 1. The van der Waals surface area contributed by atoms with Crippen LogP contribution in [-0.4, -0.2) is 23.9 Å². The smallest absolute Gasteiger partial charge is 0.0637 e. The first kappa shape index (κ1) is 16.5. The van der Waals surface area contributed by atoms with Gasteiger partial charge in [0.15, 0.2) is 0 Å². The Hall–Kier alpha value is -0.860. The molecule has 0 amide bonds. The normalized spacial score (nSPS) is 20.2. The van der Waals surface area contributed by atoms with Crippen LogP contribution in [0.2, 0.25) is 0 Å². The first-order chi connectivity index (χ1) is 10.0. The first-order valence-corrected chi connectivity index (χ1v) is 8.29. The van der Waals surface area contributed by atoms with Crippen LogP contribution in [0.3, 0.4) is 0 Å². The molecule has 1 fully saturated rings. The summed E-state index contributed by atoms with van der Waals surface area (Å²) in [6, 6.07) is 10.6.